The minimum atomic E-state index is -3.62. The van der Waals surface area contributed by atoms with Crippen LogP contribution in [-0.4, -0.2) is 36.7 Å². The van der Waals surface area contributed by atoms with Crippen molar-refractivity contribution in [3.8, 4) is 5.69 Å². The summed E-state index contributed by atoms with van der Waals surface area (Å²) in [5.41, 5.74) is 3.42. The third-order valence-electron chi connectivity index (χ3n) is 5.24. The van der Waals surface area contributed by atoms with Crippen molar-refractivity contribution in [2.24, 2.45) is 0 Å². The topological polar surface area (TPSA) is 84.3 Å². The van der Waals surface area contributed by atoms with E-state index in [1.54, 1.807) is 18.3 Å². The zero-order valence-electron chi connectivity index (χ0n) is 19.2. The van der Waals surface area contributed by atoms with Gasteiger partial charge in [0.1, 0.15) is 12.4 Å². The third kappa shape index (κ3) is 5.76. The molecule has 0 bridgehead atoms. The molecule has 1 amide bonds. The van der Waals surface area contributed by atoms with E-state index in [0.717, 1.165) is 33.2 Å². The van der Waals surface area contributed by atoms with Gasteiger partial charge in [-0.1, -0.05) is 45.0 Å². The summed E-state index contributed by atoms with van der Waals surface area (Å²) >= 11 is 0. The Labute approximate surface area is 190 Å². The molecule has 0 aliphatic rings. The van der Waals surface area contributed by atoms with Gasteiger partial charge in [0.25, 0.3) is 0 Å². The SMILES string of the molecule is Cc1nccn1-c1ccc(CNC(=O)CN(c2ccc(C(C)(C)C)cc2)S(C)(=O)=O)cc1. The highest BCUT2D eigenvalue weighted by Gasteiger charge is 2.22. The summed E-state index contributed by atoms with van der Waals surface area (Å²) < 4.78 is 27.8. The molecule has 0 unspecified atom stereocenters. The number of nitrogens with one attached hydrogen (secondary N) is 1. The second-order valence-corrected chi connectivity index (χ2v) is 10.8. The van der Waals surface area contributed by atoms with E-state index >= 15 is 0 Å². The molecule has 8 heteroatoms. The van der Waals surface area contributed by atoms with Crippen molar-refractivity contribution < 1.29 is 13.2 Å². The van der Waals surface area contributed by atoms with E-state index in [2.05, 4.69) is 31.1 Å². The average molecular weight is 455 g/mol. The number of hydrogen-bond acceptors (Lipinski definition) is 4. The van der Waals surface area contributed by atoms with Gasteiger partial charge in [-0.25, -0.2) is 13.4 Å². The monoisotopic (exact) mass is 454 g/mol. The van der Waals surface area contributed by atoms with Gasteiger partial charge in [0.15, 0.2) is 0 Å². The van der Waals surface area contributed by atoms with Gasteiger partial charge >= 0.3 is 0 Å². The van der Waals surface area contributed by atoms with Crippen LogP contribution in [0.2, 0.25) is 0 Å². The number of anilines is 1. The van der Waals surface area contributed by atoms with E-state index in [-0.39, 0.29) is 17.9 Å². The first-order valence-electron chi connectivity index (χ1n) is 10.4. The molecule has 0 aliphatic carbocycles. The van der Waals surface area contributed by atoms with E-state index in [1.807, 2.05) is 54.1 Å². The maximum absolute atomic E-state index is 12.5. The van der Waals surface area contributed by atoms with Crippen LogP contribution in [0.4, 0.5) is 5.69 Å². The molecular weight excluding hydrogens is 424 g/mol. The third-order valence-corrected chi connectivity index (χ3v) is 6.38. The Hall–Kier alpha value is -3.13. The molecule has 0 atom stereocenters. The standard InChI is InChI=1S/C24H30N4O3S/c1-18-25-14-15-27(18)21-10-6-19(7-11-21)16-26-23(29)17-28(32(5,30)31)22-12-8-20(9-13-22)24(2,3)4/h6-15H,16-17H2,1-5H3,(H,26,29). The van der Waals surface area contributed by atoms with Crippen molar-refractivity contribution in [1.82, 2.24) is 14.9 Å². The lowest BCUT2D eigenvalue weighted by Gasteiger charge is -2.24. The molecule has 1 N–H and O–H groups in total. The minimum Gasteiger partial charge on any atom is -0.350 e. The summed E-state index contributed by atoms with van der Waals surface area (Å²) in [6, 6.07) is 15.0. The predicted molar refractivity (Wildman–Crippen MR) is 127 cm³/mol. The van der Waals surface area contributed by atoms with Crippen molar-refractivity contribution in [3.63, 3.8) is 0 Å². The fraction of sp³-hybridized carbons (Fsp3) is 0.333. The van der Waals surface area contributed by atoms with Gasteiger partial charge < -0.3 is 9.88 Å². The molecule has 7 nitrogen and oxygen atoms in total. The van der Waals surface area contributed by atoms with E-state index in [0.29, 0.717) is 12.2 Å². The lowest BCUT2D eigenvalue weighted by molar-refractivity contribution is -0.119. The summed E-state index contributed by atoms with van der Waals surface area (Å²) in [4.78, 5) is 16.8. The number of amides is 1. The van der Waals surface area contributed by atoms with Gasteiger partial charge in [-0.15, -0.1) is 0 Å². The number of nitrogens with zero attached hydrogens (tertiary/aromatic N) is 3. The molecule has 170 valence electrons. The maximum atomic E-state index is 12.5. The Morgan fingerprint density at radius 2 is 1.69 bits per heavy atom. The Morgan fingerprint density at radius 1 is 1.06 bits per heavy atom. The van der Waals surface area contributed by atoms with Crippen molar-refractivity contribution in [2.45, 2.75) is 39.7 Å². The molecule has 0 saturated heterocycles. The van der Waals surface area contributed by atoms with Crippen LogP contribution in [0.1, 0.15) is 37.7 Å². The molecule has 1 heterocycles. The Bertz CT molecular complexity index is 1180. The van der Waals surface area contributed by atoms with Gasteiger partial charge in [0.2, 0.25) is 15.9 Å². The highest BCUT2D eigenvalue weighted by atomic mass is 32.2. The molecule has 2 aromatic carbocycles. The second-order valence-electron chi connectivity index (χ2n) is 8.85. The van der Waals surface area contributed by atoms with Crippen LogP contribution < -0.4 is 9.62 Å². The van der Waals surface area contributed by atoms with Crippen LogP contribution in [-0.2, 0) is 26.8 Å². The number of aromatic nitrogens is 2. The number of imidazole rings is 1. The molecule has 0 spiro atoms. The van der Waals surface area contributed by atoms with Crippen LogP contribution in [0.5, 0.6) is 0 Å². The first-order valence-corrected chi connectivity index (χ1v) is 12.2. The molecule has 0 fully saturated rings. The summed E-state index contributed by atoms with van der Waals surface area (Å²) in [6.45, 7) is 8.23. The second kappa shape index (κ2) is 9.16. The lowest BCUT2D eigenvalue weighted by Crippen LogP contribution is -2.40. The summed E-state index contributed by atoms with van der Waals surface area (Å²) in [5, 5.41) is 2.81. The van der Waals surface area contributed by atoms with E-state index < -0.39 is 10.0 Å². The van der Waals surface area contributed by atoms with Crippen LogP contribution in [0.15, 0.2) is 60.9 Å². The molecule has 3 rings (SSSR count). The number of rotatable bonds is 7. The first-order chi connectivity index (χ1) is 14.9. The number of hydrogen-bond donors (Lipinski definition) is 1. The minimum absolute atomic E-state index is 0.0437. The largest absolute Gasteiger partial charge is 0.350 e. The Morgan fingerprint density at radius 3 is 2.19 bits per heavy atom. The molecule has 0 aliphatic heterocycles. The quantitative estimate of drug-likeness (QED) is 0.592. The van der Waals surface area contributed by atoms with Gasteiger partial charge in [-0.3, -0.25) is 9.10 Å². The zero-order chi connectivity index (χ0) is 23.5. The molecule has 0 saturated carbocycles. The van der Waals surface area contributed by atoms with Gasteiger partial charge in [0.05, 0.1) is 11.9 Å². The van der Waals surface area contributed by atoms with Gasteiger partial charge in [-0.2, -0.15) is 0 Å². The molecule has 1 aromatic heterocycles. The van der Waals surface area contributed by atoms with Crippen LogP contribution in [0.25, 0.3) is 5.69 Å². The molecule has 32 heavy (non-hydrogen) atoms. The predicted octanol–water partition coefficient (Wildman–Crippen LogP) is 3.56. The number of aryl methyl sites for hydroxylation is 1. The molecule has 3 aromatic rings. The summed E-state index contributed by atoms with van der Waals surface area (Å²) in [5.74, 6) is 0.521. The highest BCUT2D eigenvalue weighted by Crippen LogP contribution is 2.25. The average Bonchev–Trinajstić information content (AvgIpc) is 3.15. The number of carbonyl (C=O) groups excluding carboxylic acids is 1. The molecular formula is C24H30N4O3S. The van der Waals surface area contributed by atoms with E-state index in [9.17, 15) is 13.2 Å². The van der Waals surface area contributed by atoms with Crippen LogP contribution in [0.3, 0.4) is 0 Å². The van der Waals surface area contributed by atoms with Gasteiger partial charge in [-0.05, 0) is 47.7 Å². The number of benzene rings is 2. The fourth-order valence-corrected chi connectivity index (χ4v) is 4.20. The molecule has 0 radical (unpaired) electrons. The van der Waals surface area contributed by atoms with Crippen molar-refractivity contribution in [1.29, 1.82) is 0 Å². The van der Waals surface area contributed by atoms with E-state index in [4.69, 9.17) is 0 Å². The summed E-state index contributed by atoms with van der Waals surface area (Å²) in [7, 11) is -3.62. The van der Waals surface area contributed by atoms with Crippen molar-refractivity contribution in [2.75, 3.05) is 17.1 Å². The van der Waals surface area contributed by atoms with E-state index in [1.165, 1.54) is 0 Å². The maximum Gasteiger partial charge on any atom is 0.241 e. The number of carbonyl (C=O) groups is 1. The normalized spacial score (nSPS) is 11.9. The zero-order valence-corrected chi connectivity index (χ0v) is 20.0. The van der Waals surface area contributed by atoms with Gasteiger partial charge in [0, 0.05) is 24.6 Å². The highest BCUT2D eigenvalue weighted by molar-refractivity contribution is 7.92. The van der Waals surface area contributed by atoms with Crippen LogP contribution in [0, 0.1) is 6.92 Å². The Balaban J connectivity index is 1.65. The lowest BCUT2D eigenvalue weighted by atomic mass is 9.87. The van der Waals surface area contributed by atoms with Crippen molar-refractivity contribution in [3.05, 3.63) is 77.9 Å². The van der Waals surface area contributed by atoms with Crippen molar-refractivity contribution >= 4 is 21.6 Å². The fourth-order valence-electron chi connectivity index (χ4n) is 3.34. The Kier molecular flexibility index (Phi) is 6.74. The first kappa shape index (κ1) is 23.5. The smallest absolute Gasteiger partial charge is 0.241 e. The van der Waals surface area contributed by atoms with Crippen LogP contribution >= 0.6 is 0 Å². The number of sulfonamides is 1. The summed E-state index contributed by atoms with van der Waals surface area (Å²) in [6.07, 6.45) is 4.74.